The molecule has 0 radical (unpaired) electrons. The van der Waals surface area contributed by atoms with E-state index in [1.54, 1.807) is 20.3 Å². The van der Waals surface area contributed by atoms with E-state index in [0.717, 1.165) is 57.8 Å². The summed E-state index contributed by atoms with van der Waals surface area (Å²) in [4.78, 5) is 13.7. The first-order chi connectivity index (χ1) is 15.1. The Bertz CT molecular complexity index is 1360. The van der Waals surface area contributed by atoms with Gasteiger partial charge in [-0.3, -0.25) is 4.90 Å². The Morgan fingerprint density at radius 2 is 1.81 bits per heavy atom. The third-order valence-corrected chi connectivity index (χ3v) is 5.96. The minimum Gasteiger partial charge on any atom is -0.497 e. The van der Waals surface area contributed by atoms with E-state index in [9.17, 15) is 4.79 Å². The summed E-state index contributed by atoms with van der Waals surface area (Å²) in [5.41, 5.74) is 3.36. The summed E-state index contributed by atoms with van der Waals surface area (Å²) in [7, 11) is 3.32. The highest BCUT2D eigenvalue weighted by Crippen LogP contribution is 2.35. The number of nitrogens with one attached hydrogen (secondary N) is 1. The van der Waals surface area contributed by atoms with Crippen LogP contribution >= 0.6 is 0 Å². The molecular weight excluding hydrogens is 394 g/mol. The Hall–Kier alpha value is -3.51. The molecule has 31 heavy (non-hydrogen) atoms. The summed E-state index contributed by atoms with van der Waals surface area (Å²) < 4.78 is 22.7. The summed E-state index contributed by atoms with van der Waals surface area (Å²) in [5, 5.41) is 2.44. The molecule has 1 unspecified atom stereocenters. The normalized spacial score (nSPS) is 15.5. The molecule has 1 aliphatic rings. The van der Waals surface area contributed by atoms with Crippen molar-refractivity contribution in [1.82, 2.24) is 0 Å². The zero-order valence-corrected chi connectivity index (χ0v) is 17.8. The van der Waals surface area contributed by atoms with Crippen LogP contribution in [0.4, 0.5) is 0 Å². The van der Waals surface area contributed by atoms with E-state index in [1.165, 1.54) is 4.90 Å². The van der Waals surface area contributed by atoms with Gasteiger partial charge in [0.05, 0.1) is 19.6 Å². The molecule has 1 aliphatic heterocycles. The van der Waals surface area contributed by atoms with Crippen molar-refractivity contribution in [1.29, 1.82) is 0 Å². The predicted molar refractivity (Wildman–Crippen MR) is 118 cm³/mol. The smallest absolute Gasteiger partial charge is 0.344 e. The second kappa shape index (κ2) is 7.63. The topological polar surface area (TPSA) is 62.3 Å². The van der Waals surface area contributed by atoms with Crippen molar-refractivity contribution in [3.05, 3.63) is 75.6 Å². The number of benzene rings is 3. The zero-order valence-electron chi connectivity index (χ0n) is 17.8. The molecule has 4 aromatic rings. The molecule has 0 bridgehead atoms. The first-order valence-corrected chi connectivity index (χ1v) is 10.2. The van der Waals surface area contributed by atoms with Gasteiger partial charge in [0.25, 0.3) is 0 Å². The van der Waals surface area contributed by atoms with Gasteiger partial charge in [-0.2, -0.15) is 0 Å². The average molecular weight is 418 g/mol. The van der Waals surface area contributed by atoms with Crippen LogP contribution in [-0.2, 0) is 13.1 Å². The second-order valence-corrected chi connectivity index (χ2v) is 7.87. The molecular formula is C25H24NO5+. The monoisotopic (exact) mass is 418 g/mol. The molecule has 6 nitrogen and oxygen atoms in total. The van der Waals surface area contributed by atoms with Crippen molar-refractivity contribution in [3.63, 3.8) is 0 Å². The van der Waals surface area contributed by atoms with E-state index in [0.29, 0.717) is 17.7 Å². The first-order valence-electron chi connectivity index (χ1n) is 10.2. The lowest BCUT2D eigenvalue weighted by Gasteiger charge is -2.28. The fourth-order valence-corrected chi connectivity index (χ4v) is 4.43. The van der Waals surface area contributed by atoms with Crippen LogP contribution in [0.1, 0.15) is 16.7 Å². The lowest BCUT2D eigenvalue weighted by atomic mass is 10.00. The van der Waals surface area contributed by atoms with Gasteiger partial charge in [-0.1, -0.05) is 18.2 Å². The third-order valence-electron chi connectivity index (χ3n) is 5.96. The SMILES string of the molecule is COc1ccc(C[NH+]2COc3c(cc4c(oc(=O)c5ccccc54)c3C)C2)c(OC)c1. The number of quaternary nitrogens is 1. The molecule has 2 heterocycles. The van der Waals surface area contributed by atoms with Crippen LogP contribution in [0, 0.1) is 6.92 Å². The third kappa shape index (κ3) is 3.29. The Morgan fingerprint density at radius 3 is 2.58 bits per heavy atom. The van der Waals surface area contributed by atoms with Gasteiger partial charge in [-0.15, -0.1) is 0 Å². The summed E-state index contributed by atoms with van der Waals surface area (Å²) in [6, 6.07) is 15.6. The molecule has 158 valence electrons. The molecule has 6 heteroatoms. The molecule has 1 atom stereocenters. The molecule has 5 rings (SSSR count). The highest BCUT2D eigenvalue weighted by molar-refractivity contribution is 6.06. The summed E-state index contributed by atoms with van der Waals surface area (Å²) in [6.45, 7) is 4.03. The molecule has 0 saturated carbocycles. The molecule has 1 aromatic heterocycles. The maximum atomic E-state index is 12.4. The van der Waals surface area contributed by atoms with Gasteiger partial charge in [-0.25, -0.2) is 4.79 Å². The Labute approximate surface area is 179 Å². The fourth-order valence-electron chi connectivity index (χ4n) is 4.43. The minimum atomic E-state index is -0.319. The summed E-state index contributed by atoms with van der Waals surface area (Å²) >= 11 is 0. The molecule has 0 aliphatic carbocycles. The number of aryl methyl sites for hydroxylation is 1. The minimum absolute atomic E-state index is 0.319. The van der Waals surface area contributed by atoms with Crippen LogP contribution in [0.15, 0.2) is 57.7 Å². The van der Waals surface area contributed by atoms with Gasteiger partial charge in [0.15, 0.2) is 0 Å². The van der Waals surface area contributed by atoms with Gasteiger partial charge in [0.2, 0.25) is 6.73 Å². The van der Waals surface area contributed by atoms with Gasteiger partial charge in [0.1, 0.15) is 35.9 Å². The van der Waals surface area contributed by atoms with Crippen LogP contribution in [0.25, 0.3) is 21.7 Å². The zero-order chi connectivity index (χ0) is 21.5. The molecule has 0 saturated heterocycles. The predicted octanol–water partition coefficient (Wildman–Crippen LogP) is 3.21. The first kappa shape index (κ1) is 19.5. The van der Waals surface area contributed by atoms with Crippen molar-refractivity contribution in [2.24, 2.45) is 0 Å². The van der Waals surface area contributed by atoms with E-state index in [4.69, 9.17) is 18.6 Å². The maximum Gasteiger partial charge on any atom is 0.344 e. The molecule has 0 amide bonds. The summed E-state index contributed by atoms with van der Waals surface area (Å²) in [5.74, 6) is 2.39. The van der Waals surface area contributed by atoms with Crippen molar-refractivity contribution >= 4 is 21.7 Å². The fraction of sp³-hybridized carbons (Fsp3) is 0.240. The quantitative estimate of drug-likeness (QED) is 0.407. The largest absolute Gasteiger partial charge is 0.497 e. The van der Waals surface area contributed by atoms with Crippen LogP contribution in [0.3, 0.4) is 0 Å². The van der Waals surface area contributed by atoms with Crippen molar-refractivity contribution < 1.29 is 23.5 Å². The van der Waals surface area contributed by atoms with Gasteiger partial charge >= 0.3 is 5.63 Å². The van der Waals surface area contributed by atoms with E-state index in [1.807, 2.05) is 43.3 Å². The number of methoxy groups -OCH3 is 2. The standard InChI is InChI=1S/C25H23NO5/c1-15-23-17(10-21-19-6-4-5-7-20(19)25(27)31-24(15)21)13-26(14-30-23)12-16-8-9-18(28-2)11-22(16)29-3/h4-11H,12-14H2,1-3H3/p+1. The number of rotatable bonds is 4. The molecule has 3 aromatic carbocycles. The second-order valence-electron chi connectivity index (χ2n) is 7.87. The van der Waals surface area contributed by atoms with Gasteiger partial charge in [0, 0.05) is 28.1 Å². The average Bonchev–Trinajstić information content (AvgIpc) is 2.80. The summed E-state index contributed by atoms with van der Waals surface area (Å²) in [6.07, 6.45) is 0. The van der Waals surface area contributed by atoms with Gasteiger partial charge < -0.3 is 18.6 Å². The molecule has 0 spiro atoms. The Morgan fingerprint density at radius 1 is 1.00 bits per heavy atom. The molecule has 1 N–H and O–H groups in total. The van der Waals surface area contributed by atoms with Crippen LogP contribution < -0.4 is 24.7 Å². The van der Waals surface area contributed by atoms with E-state index in [-0.39, 0.29) is 5.63 Å². The number of fused-ring (bicyclic) bond motifs is 4. The van der Waals surface area contributed by atoms with Crippen molar-refractivity contribution in [2.45, 2.75) is 20.0 Å². The van der Waals surface area contributed by atoms with Gasteiger partial charge in [-0.05, 0) is 36.6 Å². The van der Waals surface area contributed by atoms with E-state index in [2.05, 4.69) is 6.07 Å². The maximum absolute atomic E-state index is 12.4. The van der Waals surface area contributed by atoms with Crippen LogP contribution in [0.5, 0.6) is 17.2 Å². The van der Waals surface area contributed by atoms with Crippen molar-refractivity contribution in [3.8, 4) is 17.2 Å². The van der Waals surface area contributed by atoms with Crippen molar-refractivity contribution in [2.75, 3.05) is 21.0 Å². The molecule has 0 fully saturated rings. The lowest BCUT2D eigenvalue weighted by molar-refractivity contribution is -0.945. The number of hydrogen-bond acceptors (Lipinski definition) is 5. The van der Waals surface area contributed by atoms with Crippen LogP contribution in [-0.4, -0.2) is 21.0 Å². The van der Waals surface area contributed by atoms with Crippen LogP contribution in [0.2, 0.25) is 0 Å². The Balaban J connectivity index is 1.54. The number of ether oxygens (including phenoxy) is 3. The number of hydrogen-bond donors (Lipinski definition) is 1. The highest BCUT2D eigenvalue weighted by Gasteiger charge is 2.26. The van der Waals surface area contributed by atoms with E-state index >= 15 is 0 Å². The highest BCUT2D eigenvalue weighted by atomic mass is 16.5. The Kier molecular flexibility index (Phi) is 4.79. The van der Waals surface area contributed by atoms with E-state index < -0.39 is 0 Å². The lowest BCUT2D eigenvalue weighted by Crippen LogP contribution is -3.10.